The van der Waals surface area contributed by atoms with Crippen molar-refractivity contribution < 1.29 is 5.11 Å². The Bertz CT molecular complexity index is 507. The average molecular weight is 275 g/mol. The Hall–Kier alpha value is -1.16. The Morgan fingerprint density at radius 2 is 1.95 bits per heavy atom. The van der Waals surface area contributed by atoms with Gasteiger partial charge in [-0.3, -0.25) is 0 Å². The largest absolute Gasteiger partial charge is 0.395 e. The zero-order valence-corrected chi connectivity index (χ0v) is 12.3. The third-order valence-corrected chi connectivity index (χ3v) is 4.28. The summed E-state index contributed by atoms with van der Waals surface area (Å²) in [5.41, 5.74) is 2.60. The van der Waals surface area contributed by atoms with E-state index in [0.29, 0.717) is 0 Å². The predicted octanol–water partition coefficient (Wildman–Crippen LogP) is 3.06. The minimum absolute atomic E-state index is 0.113. The fourth-order valence-electron chi connectivity index (χ4n) is 2.21. The molecular formula is C16H21NOS. The standard InChI is InChI=1S/C16H21NOS/c1-12-8-15(13(2)19-12)10-17-16(11-18)9-14-6-4-3-5-7-14/h3-8,16-18H,9-11H2,1-2H3. The van der Waals surface area contributed by atoms with Crippen LogP contribution in [0.2, 0.25) is 0 Å². The van der Waals surface area contributed by atoms with Crippen LogP contribution in [0, 0.1) is 13.8 Å². The molecule has 1 aromatic carbocycles. The highest BCUT2D eigenvalue weighted by Gasteiger charge is 2.09. The van der Waals surface area contributed by atoms with Crippen molar-refractivity contribution in [2.75, 3.05) is 6.61 Å². The van der Waals surface area contributed by atoms with Crippen LogP contribution in [-0.2, 0) is 13.0 Å². The number of aryl methyl sites for hydroxylation is 2. The van der Waals surface area contributed by atoms with Crippen LogP contribution < -0.4 is 5.32 Å². The lowest BCUT2D eigenvalue weighted by atomic mass is 10.1. The molecule has 102 valence electrons. The van der Waals surface area contributed by atoms with Gasteiger partial charge < -0.3 is 10.4 Å². The molecule has 3 heteroatoms. The van der Waals surface area contributed by atoms with Gasteiger partial charge in [0.15, 0.2) is 0 Å². The highest BCUT2D eigenvalue weighted by Crippen LogP contribution is 2.20. The van der Waals surface area contributed by atoms with Crippen LogP contribution in [0.3, 0.4) is 0 Å². The van der Waals surface area contributed by atoms with Gasteiger partial charge in [0, 0.05) is 22.3 Å². The van der Waals surface area contributed by atoms with Gasteiger partial charge in [-0.1, -0.05) is 30.3 Å². The molecule has 1 atom stereocenters. The summed E-state index contributed by atoms with van der Waals surface area (Å²) in [5.74, 6) is 0. The monoisotopic (exact) mass is 275 g/mol. The second kappa shape index (κ2) is 6.85. The van der Waals surface area contributed by atoms with Gasteiger partial charge in [-0.15, -0.1) is 11.3 Å². The molecule has 0 fully saturated rings. The molecule has 0 saturated heterocycles. The number of aliphatic hydroxyl groups is 1. The lowest BCUT2D eigenvalue weighted by Crippen LogP contribution is -2.34. The highest BCUT2D eigenvalue weighted by atomic mass is 32.1. The van der Waals surface area contributed by atoms with Crippen molar-refractivity contribution in [3.05, 3.63) is 57.3 Å². The molecule has 1 unspecified atom stereocenters. The van der Waals surface area contributed by atoms with E-state index in [1.54, 1.807) is 0 Å². The van der Waals surface area contributed by atoms with Gasteiger partial charge in [-0.25, -0.2) is 0 Å². The maximum absolute atomic E-state index is 9.48. The van der Waals surface area contributed by atoms with Crippen LogP contribution in [0.25, 0.3) is 0 Å². The van der Waals surface area contributed by atoms with Gasteiger partial charge in [-0.2, -0.15) is 0 Å². The fraction of sp³-hybridized carbons (Fsp3) is 0.375. The van der Waals surface area contributed by atoms with Gasteiger partial charge in [0.25, 0.3) is 0 Å². The van der Waals surface area contributed by atoms with Crippen molar-refractivity contribution in [2.45, 2.75) is 32.9 Å². The molecule has 0 radical (unpaired) electrons. The van der Waals surface area contributed by atoms with Crippen molar-refractivity contribution >= 4 is 11.3 Å². The van der Waals surface area contributed by atoms with Gasteiger partial charge in [0.05, 0.1) is 6.61 Å². The van der Waals surface area contributed by atoms with Crippen molar-refractivity contribution in [2.24, 2.45) is 0 Å². The zero-order valence-electron chi connectivity index (χ0n) is 11.5. The van der Waals surface area contributed by atoms with Crippen molar-refractivity contribution in [3.63, 3.8) is 0 Å². The summed E-state index contributed by atoms with van der Waals surface area (Å²) in [6.07, 6.45) is 0.861. The van der Waals surface area contributed by atoms with Crippen LogP contribution in [0.4, 0.5) is 0 Å². The highest BCUT2D eigenvalue weighted by molar-refractivity contribution is 7.12. The first-order valence-electron chi connectivity index (χ1n) is 6.63. The second-order valence-corrected chi connectivity index (χ2v) is 6.35. The molecule has 2 aromatic rings. The van der Waals surface area contributed by atoms with Crippen LogP contribution >= 0.6 is 11.3 Å². The smallest absolute Gasteiger partial charge is 0.0587 e. The quantitative estimate of drug-likeness (QED) is 0.849. The third-order valence-electron chi connectivity index (χ3n) is 3.27. The van der Waals surface area contributed by atoms with Crippen LogP contribution in [0.15, 0.2) is 36.4 Å². The third kappa shape index (κ3) is 4.16. The summed E-state index contributed by atoms with van der Waals surface area (Å²) in [6.45, 7) is 5.28. The minimum Gasteiger partial charge on any atom is -0.395 e. The summed E-state index contributed by atoms with van der Waals surface area (Å²) < 4.78 is 0. The van der Waals surface area contributed by atoms with E-state index in [1.807, 2.05) is 29.5 Å². The summed E-state index contributed by atoms with van der Waals surface area (Å²) >= 11 is 1.83. The Morgan fingerprint density at radius 1 is 1.21 bits per heavy atom. The molecule has 1 aromatic heterocycles. The van der Waals surface area contributed by atoms with E-state index in [9.17, 15) is 5.11 Å². The Balaban J connectivity index is 1.91. The zero-order chi connectivity index (χ0) is 13.7. The van der Waals surface area contributed by atoms with E-state index < -0.39 is 0 Å². The molecule has 0 aliphatic carbocycles. The first-order chi connectivity index (χ1) is 9.19. The van der Waals surface area contributed by atoms with E-state index in [2.05, 4.69) is 37.4 Å². The van der Waals surface area contributed by atoms with Crippen molar-refractivity contribution in [1.29, 1.82) is 0 Å². The average Bonchev–Trinajstić information content (AvgIpc) is 2.74. The van der Waals surface area contributed by atoms with E-state index in [4.69, 9.17) is 0 Å². The summed E-state index contributed by atoms with van der Waals surface area (Å²) in [6, 6.07) is 12.6. The number of rotatable bonds is 6. The number of nitrogens with one attached hydrogen (secondary N) is 1. The number of thiophene rings is 1. The maximum atomic E-state index is 9.48. The number of hydrogen-bond acceptors (Lipinski definition) is 3. The SMILES string of the molecule is Cc1cc(CNC(CO)Cc2ccccc2)c(C)s1. The van der Waals surface area contributed by atoms with Crippen LogP contribution in [-0.4, -0.2) is 17.8 Å². The molecule has 0 bridgehead atoms. The Kier molecular flexibility index (Phi) is 5.14. The van der Waals surface area contributed by atoms with E-state index >= 15 is 0 Å². The second-order valence-electron chi connectivity index (χ2n) is 4.89. The molecule has 1 heterocycles. The van der Waals surface area contributed by atoms with E-state index in [-0.39, 0.29) is 12.6 Å². The van der Waals surface area contributed by atoms with Gasteiger partial charge >= 0.3 is 0 Å². The summed E-state index contributed by atoms with van der Waals surface area (Å²) in [5, 5.41) is 12.9. The number of hydrogen-bond donors (Lipinski definition) is 2. The van der Waals surface area contributed by atoms with E-state index in [0.717, 1.165) is 13.0 Å². The topological polar surface area (TPSA) is 32.3 Å². The minimum atomic E-state index is 0.113. The van der Waals surface area contributed by atoms with Gasteiger partial charge in [0.1, 0.15) is 0 Å². The summed E-state index contributed by atoms with van der Waals surface area (Å²) in [7, 11) is 0. The van der Waals surface area contributed by atoms with Crippen LogP contribution in [0.1, 0.15) is 20.9 Å². The Morgan fingerprint density at radius 3 is 2.53 bits per heavy atom. The first-order valence-corrected chi connectivity index (χ1v) is 7.44. The van der Waals surface area contributed by atoms with Crippen LogP contribution in [0.5, 0.6) is 0 Å². The van der Waals surface area contributed by atoms with Gasteiger partial charge in [0.2, 0.25) is 0 Å². The first kappa shape index (κ1) is 14.3. The molecule has 0 saturated carbocycles. The summed E-state index contributed by atoms with van der Waals surface area (Å²) in [4.78, 5) is 2.71. The Labute approximate surface area is 119 Å². The molecule has 2 nitrogen and oxygen atoms in total. The molecular weight excluding hydrogens is 254 g/mol. The molecule has 2 N–H and O–H groups in total. The lowest BCUT2D eigenvalue weighted by molar-refractivity contribution is 0.241. The lowest BCUT2D eigenvalue weighted by Gasteiger charge is -2.16. The molecule has 19 heavy (non-hydrogen) atoms. The molecule has 0 amide bonds. The number of benzene rings is 1. The fourth-order valence-corrected chi connectivity index (χ4v) is 3.16. The van der Waals surface area contributed by atoms with E-state index in [1.165, 1.54) is 20.9 Å². The molecule has 0 aliphatic heterocycles. The van der Waals surface area contributed by atoms with Crippen molar-refractivity contribution in [3.8, 4) is 0 Å². The molecule has 2 rings (SSSR count). The molecule has 0 spiro atoms. The van der Waals surface area contributed by atoms with Gasteiger partial charge in [-0.05, 0) is 37.5 Å². The normalized spacial score (nSPS) is 12.6. The number of aliphatic hydroxyl groups excluding tert-OH is 1. The predicted molar refractivity (Wildman–Crippen MR) is 81.7 cm³/mol. The maximum Gasteiger partial charge on any atom is 0.0587 e. The van der Waals surface area contributed by atoms with Crippen molar-refractivity contribution in [1.82, 2.24) is 5.32 Å². The molecule has 0 aliphatic rings.